The molecule has 0 aromatic carbocycles. The number of carbonyl (C=O) groups excluding carboxylic acids is 1. The second kappa shape index (κ2) is 8.93. The number of pyridine rings is 1. The minimum absolute atomic E-state index is 0.155. The molecular formula is C19H29ClN2O2. The molecular weight excluding hydrogens is 324 g/mol. The maximum Gasteiger partial charge on any atom is 0.163 e. The van der Waals surface area contributed by atoms with Gasteiger partial charge in [0.15, 0.2) is 5.78 Å². The van der Waals surface area contributed by atoms with Gasteiger partial charge in [0.05, 0.1) is 6.10 Å². The topological polar surface area (TPSA) is 42.4 Å². The Bertz CT molecular complexity index is 554. The number of rotatable bonds is 9. The van der Waals surface area contributed by atoms with Crippen LogP contribution in [0.1, 0.15) is 68.4 Å². The van der Waals surface area contributed by atoms with Crippen molar-refractivity contribution in [2.24, 2.45) is 0 Å². The van der Waals surface area contributed by atoms with Gasteiger partial charge < -0.3 is 9.64 Å². The Labute approximate surface area is 150 Å². The van der Waals surface area contributed by atoms with Crippen molar-refractivity contribution in [2.75, 3.05) is 20.2 Å². The van der Waals surface area contributed by atoms with Crippen LogP contribution in [0.4, 0.5) is 0 Å². The Kier molecular flexibility index (Phi) is 7.20. The summed E-state index contributed by atoms with van der Waals surface area (Å²) in [6, 6.07) is 4.03. The molecule has 0 aliphatic heterocycles. The molecule has 5 heteroatoms. The van der Waals surface area contributed by atoms with E-state index in [1.807, 2.05) is 6.07 Å². The van der Waals surface area contributed by atoms with Crippen LogP contribution in [0.25, 0.3) is 0 Å². The quantitative estimate of drug-likeness (QED) is 0.490. The summed E-state index contributed by atoms with van der Waals surface area (Å²) in [6.45, 7) is 8.52. The smallest absolute Gasteiger partial charge is 0.163 e. The maximum atomic E-state index is 12.6. The highest BCUT2D eigenvalue weighted by atomic mass is 35.5. The van der Waals surface area contributed by atoms with Crippen LogP contribution < -0.4 is 0 Å². The van der Waals surface area contributed by atoms with Gasteiger partial charge in [0, 0.05) is 36.7 Å². The fourth-order valence-electron chi connectivity index (χ4n) is 3.40. The molecule has 134 valence electrons. The Morgan fingerprint density at radius 1 is 1.38 bits per heavy atom. The second-order valence-electron chi connectivity index (χ2n) is 6.66. The number of nitrogens with zero attached hydrogens (tertiary/aromatic N) is 2. The largest absolute Gasteiger partial charge is 0.381 e. The molecule has 24 heavy (non-hydrogen) atoms. The highest BCUT2D eigenvalue weighted by Crippen LogP contribution is 2.38. The molecule has 1 aromatic rings. The maximum absolute atomic E-state index is 12.6. The number of hydrogen-bond donors (Lipinski definition) is 0. The predicted octanol–water partition coefficient (Wildman–Crippen LogP) is 4.32. The first-order valence-corrected chi connectivity index (χ1v) is 9.33. The molecule has 1 atom stereocenters. The zero-order valence-corrected chi connectivity index (χ0v) is 16.0. The summed E-state index contributed by atoms with van der Waals surface area (Å²) < 4.78 is 5.32. The molecule has 1 aromatic heterocycles. The van der Waals surface area contributed by atoms with E-state index in [-0.39, 0.29) is 5.78 Å². The van der Waals surface area contributed by atoms with E-state index in [0.717, 1.165) is 38.0 Å². The van der Waals surface area contributed by atoms with Crippen LogP contribution in [0.3, 0.4) is 0 Å². The van der Waals surface area contributed by atoms with Crippen LogP contribution in [0.15, 0.2) is 12.1 Å². The first-order chi connectivity index (χ1) is 11.5. The average Bonchev–Trinajstić information content (AvgIpc) is 2.52. The Balaban J connectivity index is 1.98. The van der Waals surface area contributed by atoms with E-state index in [4.69, 9.17) is 16.3 Å². The van der Waals surface area contributed by atoms with Crippen molar-refractivity contribution in [1.29, 1.82) is 0 Å². The summed E-state index contributed by atoms with van der Waals surface area (Å²) in [5.74, 6) is 0.511. The van der Waals surface area contributed by atoms with E-state index in [9.17, 15) is 4.79 Å². The number of aromatic nitrogens is 1. The number of Topliss-reactive ketones (excluding diaryl/α,β-unsaturated/α-hetero) is 1. The van der Waals surface area contributed by atoms with Gasteiger partial charge in [-0.25, -0.2) is 4.98 Å². The lowest BCUT2D eigenvalue weighted by atomic mass is 9.79. The molecule has 1 heterocycles. The monoisotopic (exact) mass is 352 g/mol. The number of ether oxygens (including phenoxy) is 1. The number of methoxy groups -OCH3 is 1. The summed E-state index contributed by atoms with van der Waals surface area (Å²) >= 11 is 6.14. The van der Waals surface area contributed by atoms with Crippen molar-refractivity contribution < 1.29 is 9.53 Å². The number of halogens is 1. The standard InChI is InChI=1S/C19H29ClN2O2/c1-5-22(6-2)13(3)7-8-18(23)15-11-17(21-19(20)12-15)14-9-16(10-14)24-4/h11-14,16H,5-10H2,1-4H3/t13-,14?,16?/m0/s1. The molecule has 0 bridgehead atoms. The van der Waals surface area contributed by atoms with Crippen molar-refractivity contribution in [3.8, 4) is 0 Å². The van der Waals surface area contributed by atoms with Crippen LogP contribution in [-0.4, -0.2) is 48.0 Å². The Morgan fingerprint density at radius 3 is 2.62 bits per heavy atom. The second-order valence-corrected chi connectivity index (χ2v) is 7.05. The van der Waals surface area contributed by atoms with Gasteiger partial charge in [-0.1, -0.05) is 25.4 Å². The molecule has 0 saturated heterocycles. The number of ketones is 1. The highest BCUT2D eigenvalue weighted by Gasteiger charge is 2.31. The van der Waals surface area contributed by atoms with Crippen molar-refractivity contribution in [2.45, 2.75) is 64.5 Å². The zero-order chi connectivity index (χ0) is 17.7. The molecule has 4 nitrogen and oxygen atoms in total. The van der Waals surface area contributed by atoms with E-state index < -0.39 is 0 Å². The van der Waals surface area contributed by atoms with Gasteiger partial charge in [-0.3, -0.25) is 4.79 Å². The van der Waals surface area contributed by atoms with Gasteiger partial charge >= 0.3 is 0 Å². The lowest BCUT2D eigenvalue weighted by Crippen LogP contribution is -2.33. The molecule has 0 spiro atoms. The summed E-state index contributed by atoms with van der Waals surface area (Å²) in [4.78, 5) is 19.4. The third-order valence-corrected chi connectivity index (χ3v) is 5.40. The summed E-state index contributed by atoms with van der Waals surface area (Å²) in [5.41, 5.74) is 1.62. The minimum Gasteiger partial charge on any atom is -0.381 e. The molecule has 2 rings (SSSR count). The van der Waals surface area contributed by atoms with Crippen molar-refractivity contribution in [3.05, 3.63) is 28.5 Å². The fourth-order valence-corrected chi connectivity index (χ4v) is 3.62. The van der Waals surface area contributed by atoms with Crippen molar-refractivity contribution >= 4 is 17.4 Å². The Morgan fingerprint density at radius 2 is 2.04 bits per heavy atom. The predicted molar refractivity (Wildman–Crippen MR) is 98.0 cm³/mol. The first kappa shape index (κ1) is 19.4. The number of hydrogen-bond acceptors (Lipinski definition) is 4. The van der Waals surface area contributed by atoms with Crippen LogP contribution in [0.2, 0.25) is 5.15 Å². The minimum atomic E-state index is 0.155. The van der Waals surface area contributed by atoms with Gasteiger partial charge in [-0.05, 0) is 51.4 Å². The molecule has 0 unspecified atom stereocenters. The van der Waals surface area contributed by atoms with Gasteiger partial charge in [0.25, 0.3) is 0 Å². The van der Waals surface area contributed by atoms with Crippen molar-refractivity contribution in [1.82, 2.24) is 9.88 Å². The normalized spacial score (nSPS) is 21.6. The highest BCUT2D eigenvalue weighted by molar-refractivity contribution is 6.29. The molecule has 1 fully saturated rings. The third-order valence-electron chi connectivity index (χ3n) is 5.21. The average molecular weight is 353 g/mol. The van der Waals surface area contributed by atoms with Crippen LogP contribution in [0.5, 0.6) is 0 Å². The zero-order valence-electron chi connectivity index (χ0n) is 15.2. The molecule has 1 aliphatic carbocycles. The third kappa shape index (κ3) is 4.78. The molecule has 0 N–H and O–H groups in total. The lowest BCUT2D eigenvalue weighted by Gasteiger charge is -2.33. The van der Waals surface area contributed by atoms with E-state index in [1.165, 1.54) is 0 Å². The summed E-state index contributed by atoms with van der Waals surface area (Å²) in [7, 11) is 1.73. The van der Waals surface area contributed by atoms with E-state index in [0.29, 0.717) is 35.2 Å². The lowest BCUT2D eigenvalue weighted by molar-refractivity contribution is 0.0247. The van der Waals surface area contributed by atoms with Gasteiger partial charge in [-0.15, -0.1) is 0 Å². The SMILES string of the molecule is CCN(CC)[C@@H](C)CCC(=O)c1cc(Cl)nc(C2CC(OC)C2)c1. The molecule has 0 radical (unpaired) electrons. The van der Waals surface area contributed by atoms with Gasteiger partial charge in [-0.2, -0.15) is 0 Å². The summed E-state index contributed by atoms with van der Waals surface area (Å²) in [6.07, 6.45) is 3.63. The van der Waals surface area contributed by atoms with Crippen LogP contribution in [0, 0.1) is 0 Å². The fraction of sp³-hybridized carbons (Fsp3) is 0.684. The van der Waals surface area contributed by atoms with Crippen molar-refractivity contribution in [3.63, 3.8) is 0 Å². The van der Waals surface area contributed by atoms with E-state index >= 15 is 0 Å². The molecule has 0 amide bonds. The molecule has 1 aliphatic rings. The summed E-state index contributed by atoms with van der Waals surface area (Å²) in [5, 5.41) is 0.411. The van der Waals surface area contributed by atoms with E-state index in [2.05, 4.69) is 30.7 Å². The van der Waals surface area contributed by atoms with Crippen LogP contribution >= 0.6 is 11.6 Å². The van der Waals surface area contributed by atoms with Crippen LogP contribution in [-0.2, 0) is 4.74 Å². The Hall–Kier alpha value is -0.970. The van der Waals surface area contributed by atoms with Gasteiger partial charge in [0.2, 0.25) is 0 Å². The number of carbonyl (C=O) groups is 1. The van der Waals surface area contributed by atoms with E-state index in [1.54, 1.807) is 13.2 Å². The first-order valence-electron chi connectivity index (χ1n) is 8.95. The molecule has 1 saturated carbocycles. The van der Waals surface area contributed by atoms with Gasteiger partial charge in [0.1, 0.15) is 5.15 Å².